The predicted octanol–water partition coefficient (Wildman–Crippen LogP) is 6.16. The zero-order valence-corrected chi connectivity index (χ0v) is 25.5. The van der Waals surface area contributed by atoms with Gasteiger partial charge in [-0.1, -0.05) is 110 Å². The quantitative estimate of drug-likeness (QED) is 0.117. The third-order valence-corrected chi connectivity index (χ3v) is 9.19. The van der Waals surface area contributed by atoms with Crippen molar-refractivity contribution in [2.45, 2.75) is 37.1 Å². The van der Waals surface area contributed by atoms with Gasteiger partial charge in [0.1, 0.15) is 5.41 Å². The van der Waals surface area contributed by atoms with E-state index in [4.69, 9.17) is 0 Å². The second kappa shape index (κ2) is 13.4. The maximum Gasteiger partial charge on any atom is 0.252 e. The first-order valence-electron chi connectivity index (χ1n) is 15.8. The van der Waals surface area contributed by atoms with Crippen LogP contribution in [0.1, 0.15) is 63.1 Å². The first kappa shape index (κ1) is 30.2. The standard InChI is InChI=1S/C39H39N3O3/c1-2-24-40-38(45)39(34-20-10-8-16-30(34)31-17-9-11-21-35(31)39)23-12-13-25-42-26-22-29(27-42)41-37(44)33-19-7-6-18-32(33)36(43)28-14-4-3-5-15-28/h2-11,14-21,29H,1,12-13,22-27H2,(H,40,45)(H,41,44). The Balaban J connectivity index is 1.08. The summed E-state index contributed by atoms with van der Waals surface area (Å²) in [6.07, 6.45) is 5.11. The molecule has 6 nitrogen and oxygen atoms in total. The molecule has 0 spiro atoms. The molecule has 1 fully saturated rings. The van der Waals surface area contributed by atoms with E-state index < -0.39 is 5.41 Å². The summed E-state index contributed by atoms with van der Waals surface area (Å²) in [4.78, 5) is 42.7. The highest BCUT2D eigenvalue weighted by atomic mass is 16.2. The van der Waals surface area contributed by atoms with Crippen LogP contribution in [-0.4, -0.2) is 54.7 Å². The third-order valence-electron chi connectivity index (χ3n) is 9.19. The van der Waals surface area contributed by atoms with Gasteiger partial charge in [-0.15, -0.1) is 6.58 Å². The summed E-state index contributed by atoms with van der Waals surface area (Å²) < 4.78 is 0. The minimum atomic E-state index is -0.734. The molecule has 2 aliphatic rings. The fourth-order valence-corrected chi connectivity index (χ4v) is 7.04. The van der Waals surface area contributed by atoms with E-state index in [9.17, 15) is 14.4 Å². The van der Waals surface area contributed by atoms with Gasteiger partial charge < -0.3 is 15.5 Å². The molecule has 0 saturated carbocycles. The Bertz CT molecular complexity index is 1670. The molecule has 1 heterocycles. The second-order valence-electron chi connectivity index (χ2n) is 12.0. The summed E-state index contributed by atoms with van der Waals surface area (Å²) in [6.45, 7) is 6.77. The molecule has 45 heavy (non-hydrogen) atoms. The van der Waals surface area contributed by atoms with Gasteiger partial charge in [0, 0.05) is 36.8 Å². The van der Waals surface area contributed by atoms with Crippen molar-refractivity contribution in [1.82, 2.24) is 15.5 Å². The number of nitrogens with one attached hydrogen (secondary N) is 2. The molecule has 6 heteroatoms. The summed E-state index contributed by atoms with van der Waals surface area (Å²) in [6, 6.07) is 32.7. The van der Waals surface area contributed by atoms with Crippen molar-refractivity contribution < 1.29 is 14.4 Å². The molecule has 228 valence electrons. The third kappa shape index (κ3) is 5.98. The topological polar surface area (TPSA) is 78.5 Å². The maximum atomic E-state index is 13.9. The highest BCUT2D eigenvalue weighted by Crippen LogP contribution is 2.51. The van der Waals surface area contributed by atoms with Crippen LogP contribution >= 0.6 is 0 Å². The van der Waals surface area contributed by atoms with Gasteiger partial charge in [-0.3, -0.25) is 14.4 Å². The number of fused-ring (bicyclic) bond motifs is 3. The average molecular weight is 598 g/mol. The van der Waals surface area contributed by atoms with E-state index in [2.05, 4.69) is 46.4 Å². The van der Waals surface area contributed by atoms with Crippen LogP contribution in [0.25, 0.3) is 11.1 Å². The van der Waals surface area contributed by atoms with Crippen LogP contribution in [-0.2, 0) is 10.2 Å². The Morgan fingerprint density at radius 3 is 2.11 bits per heavy atom. The van der Waals surface area contributed by atoms with Crippen molar-refractivity contribution in [1.29, 1.82) is 0 Å². The van der Waals surface area contributed by atoms with Gasteiger partial charge in [0.2, 0.25) is 5.91 Å². The van der Waals surface area contributed by atoms with Crippen molar-refractivity contribution in [2.24, 2.45) is 0 Å². The molecule has 0 bridgehead atoms. The van der Waals surface area contributed by atoms with Crippen molar-refractivity contribution in [2.75, 3.05) is 26.2 Å². The Labute approximate surface area is 265 Å². The summed E-state index contributed by atoms with van der Waals surface area (Å²) in [5.74, 6) is -0.347. The number of carbonyl (C=O) groups excluding carboxylic acids is 3. The number of nitrogens with zero attached hydrogens (tertiary/aromatic N) is 1. The monoisotopic (exact) mass is 597 g/mol. The lowest BCUT2D eigenvalue weighted by Crippen LogP contribution is -2.44. The van der Waals surface area contributed by atoms with Crippen LogP contribution < -0.4 is 10.6 Å². The minimum Gasteiger partial charge on any atom is -0.352 e. The van der Waals surface area contributed by atoms with Crippen LogP contribution in [0.2, 0.25) is 0 Å². The molecule has 1 atom stereocenters. The number of rotatable bonds is 12. The molecule has 2 amide bonds. The van der Waals surface area contributed by atoms with E-state index >= 15 is 0 Å². The number of amides is 2. The number of ketones is 1. The highest BCUT2D eigenvalue weighted by molar-refractivity contribution is 6.15. The van der Waals surface area contributed by atoms with Crippen LogP contribution in [0, 0.1) is 0 Å². The van der Waals surface area contributed by atoms with Crippen LogP contribution in [0.5, 0.6) is 0 Å². The molecule has 0 radical (unpaired) electrons. The van der Waals surface area contributed by atoms with Gasteiger partial charge in [0.15, 0.2) is 5.78 Å². The van der Waals surface area contributed by atoms with Crippen molar-refractivity contribution in [3.63, 3.8) is 0 Å². The molecular formula is C39H39N3O3. The summed E-state index contributed by atoms with van der Waals surface area (Å²) in [5.41, 5.74) is 5.06. The lowest BCUT2D eigenvalue weighted by Gasteiger charge is -2.31. The molecule has 1 aliphatic carbocycles. The number of hydrogen-bond donors (Lipinski definition) is 2. The zero-order valence-electron chi connectivity index (χ0n) is 25.5. The first-order chi connectivity index (χ1) is 22.0. The van der Waals surface area contributed by atoms with Crippen molar-refractivity contribution in [3.05, 3.63) is 144 Å². The number of unbranched alkanes of at least 4 members (excludes halogenated alkanes) is 1. The van der Waals surface area contributed by atoms with Gasteiger partial charge in [-0.25, -0.2) is 0 Å². The molecule has 2 N–H and O–H groups in total. The summed E-state index contributed by atoms with van der Waals surface area (Å²) >= 11 is 0. The van der Waals surface area contributed by atoms with Gasteiger partial charge >= 0.3 is 0 Å². The van der Waals surface area contributed by atoms with E-state index in [0.717, 1.165) is 61.2 Å². The Morgan fingerprint density at radius 1 is 0.800 bits per heavy atom. The fourth-order valence-electron chi connectivity index (χ4n) is 7.04. The maximum absolute atomic E-state index is 13.9. The first-order valence-corrected chi connectivity index (χ1v) is 15.8. The van der Waals surface area contributed by atoms with E-state index in [1.54, 1.807) is 42.5 Å². The van der Waals surface area contributed by atoms with Gasteiger partial charge in [0.05, 0.1) is 5.56 Å². The van der Waals surface area contributed by atoms with Crippen LogP contribution in [0.3, 0.4) is 0 Å². The van der Waals surface area contributed by atoms with Gasteiger partial charge in [0.25, 0.3) is 5.91 Å². The molecular weight excluding hydrogens is 558 g/mol. The molecule has 1 saturated heterocycles. The lowest BCUT2D eigenvalue weighted by molar-refractivity contribution is -0.125. The Kier molecular flexibility index (Phi) is 9.03. The molecule has 4 aromatic carbocycles. The Hall–Kier alpha value is -4.81. The molecule has 6 rings (SSSR count). The Morgan fingerprint density at radius 2 is 1.42 bits per heavy atom. The highest BCUT2D eigenvalue weighted by Gasteiger charge is 2.48. The summed E-state index contributed by atoms with van der Waals surface area (Å²) in [5, 5.41) is 6.28. The van der Waals surface area contributed by atoms with E-state index in [1.165, 1.54) is 0 Å². The zero-order chi connectivity index (χ0) is 31.2. The number of likely N-dealkylation sites (tertiary alicyclic amines) is 1. The second-order valence-corrected chi connectivity index (χ2v) is 12.0. The summed E-state index contributed by atoms with van der Waals surface area (Å²) in [7, 11) is 0. The number of carbonyl (C=O) groups is 3. The molecule has 1 unspecified atom stereocenters. The fraction of sp³-hybridized carbons (Fsp3) is 0.256. The minimum absolute atomic E-state index is 0.0157. The van der Waals surface area contributed by atoms with E-state index in [1.807, 2.05) is 42.5 Å². The normalized spacial score (nSPS) is 16.4. The molecule has 1 aliphatic heterocycles. The van der Waals surface area contributed by atoms with Crippen LogP contribution in [0.4, 0.5) is 0 Å². The van der Waals surface area contributed by atoms with Crippen molar-refractivity contribution >= 4 is 17.6 Å². The van der Waals surface area contributed by atoms with Crippen molar-refractivity contribution in [3.8, 4) is 11.1 Å². The lowest BCUT2D eigenvalue weighted by atomic mass is 9.73. The van der Waals surface area contributed by atoms with Crippen LogP contribution in [0.15, 0.2) is 116 Å². The SMILES string of the molecule is C=CCNC(=O)C1(CCCCN2CCC(NC(=O)c3ccccc3C(=O)c3ccccc3)C2)c2ccccc2-c2ccccc21. The largest absolute Gasteiger partial charge is 0.352 e. The average Bonchev–Trinajstić information content (AvgIpc) is 3.66. The number of benzene rings is 4. The molecule has 4 aromatic rings. The smallest absolute Gasteiger partial charge is 0.252 e. The van der Waals surface area contributed by atoms with Gasteiger partial charge in [-0.05, 0) is 54.1 Å². The molecule has 0 aromatic heterocycles. The number of hydrogen-bond acceptors (Lipinski definition) is 4. The van der Waals surface area contributed by atoms with E-state index in [-0.39, 0.29) is 23.6 Å². The van der Waals surface area contributed by atoms with E-state index in [0.29, 0.717) is 29.7 Å². The predicted molar refractivity (Wildman–Crippen MR) is 178 cm³/mol. The van der Waals surface area contributed by atoms with Gasteiger partial charge in [-0.2, -0.15) is 0 Å².